The van der Waals surface area contributed by atoms with Crippen molar-refractivity contribution in [1.82, 2.24) is 0 Å². The van der Waals surface area contributed by atoms with Gasteiger partial charge in [0.25, 0.3) is 5.91 Å². The molecule has 0 aliphatic heterocycles. The van der Waals surface area contributed by atoms with Crippen molar-refractivity contribution >= 4 is 33.7 Å². The Hall–Kier alpha value is -2.48. The highest BCUT2D eigenvalue weighted by Crippen LogP contribution is 2.23. The molecule has 0 atom stereocenters. The van der Waals surface area contributed by atoms with Crippen LogP contribution in [0.2, 0.25) is 0 Å². The number of oxime groups is 1. The lowest BCUT2D eigenvalue weighted by molar-refractivity contribution is -0.110. The van der Waals surface area contributed by atoms with E-state index < -0.39 is 17.5 Å². The first-order valence-corrected chi connectivity index (χ1v) is 7.52. The Bertz CT molecular complexity index is 769. The molecular weight excluding hydrogens is 386 g/mol. The van der Waals surface area contributed by atoms with E-state index in [1.165, 1.54) is 7.11 Å². The number of nitrogens with one attached hydrogen (secondary N) is 1. The largest absolute Gasteiger partial charge is 0.496 e. The summed E-state index contributed by atoms with van der Waals surface area (Å²) in [5.41, 5.74) is 0.579. The molecule has 0 heterocycles. The van der Waals surface area contributed by atoms with E-state index in [1.807, 2.05) is 6.07 Å². The second-order valence-corrected chi connectivity index (χ2v) is 5.49. The van der Waals surface area contributed by atoms with Crippen LogP contribution in [0.15, 0.2) is 46.0 Å². The lowest BCUT2D eigenvalue weighted by atomic mass is 10.2. The van der Waals surface area contributed by atoms with Gasteiger partial charge in [-0.3, -0.25) is 4.79 Å². The lowest BCUT2D eigenvalue weighted by Crippen LogP contribution is -2.14. The highest BCUT2D eigenvalue weighted by molar-refractivity contribution is 9.10. The molecule has 2 aromatic rings. The van der Waals surface area contributed by atoms with Crippen molar-refractivity contribution in [3.63, 3.8) is 0 Å². The van der Waals surface area contributed by atoms with Gasteiger partial charge in [-0.05, 0) is 30.3 Å². The molecule has 0 aromatic heterocycles. The highest BCUT2D eigenvalue weighted by Gasteiger charge is 2.07. The topological polar surface area (TPSA) is 59.9 Å². The van der Waals surface area contributed by atoms with Crippen LogP contribution in [0.25, 0.3) is 0 Å². The van der Waals surface area contributed by atoms with Crippen LogP contribution in [-0.2, 0) is 16.2 Å². The maximum Gasteiger partial charge on any atom is 0.270 e. The molecule has 0 spiro atoms. The van der Waals surface area contributed by atoms with E-state index in [1.54, 1.807) is 12.1 Å². The second-order valence-electron chi connectivity index (χ2n) is 4.58. The fourth-order valence-corrected chi connectivity index (χ4v) is 2.22. The summed E-state index contributed by atoms with van der Waals surface area (Å²) in [6.07, 6.45) is 0.854. The van der Waals surface area contributed by atoms with Gasteiger partial charge < -0.3 is 14.9 Å². The van der Waals surface area contributed by atoms with E-state index in [0.717, 1.165) is 28.4 Å². The minimum absolute atomic E-state index is 0.0807. The summed E-state index contributed by atoms with van der Waals surface area (Å²) in [5.74, 6) is -1.70. The summed E-state index contributed by atoms with van der Waals surface area (Å²) < 4.78 is 32.2. The first-order chi connectivity index (χ1) is 11.5. The van der Waals surface area contributed by atoms with Crippen molar-refractivity contribution in [1.29, 1.82) is 0 Å². The molecule has 0 saturated heterocycles. The van der Waals surface area contributed by atoms with Crippen molar-refractivity contribution in [2.75, 3.05) is 12.4 Å². The van der Waals surface area contributed by atoms with Gasteiger partial charge in [0.15, 0.2) is 0 Å². The molecule has 24 heavy (non-hydrogen) atoms. The molecular formula is C16H13BrF2N2O3. The number of ether oxygens (including phenoxy) is 1. The Morgan fingerprint density at radius 1 is 1.29 bits per heavy atom. The van der Waals surface area contributed by atoms with Crippen LogP contribution in [0.4, 0.5) is 14.5 Å². The first kappa shape index (κ1) is 17.9. The number of amides is 1. The van der Waals surface area contributed by atoms with Gasteiger partial charge in [-0.25, -0.2) is 8.78 Å². The number of carbonyl (C=O) groups excluding carboxylic acids is 1. The predicted octanol–water partition coefficient (Wildman–Crippen LogP) is 3.88. The molecule has 5 nitrogen and oxygen atoms in total. The number of halogens is 3. The monoisotopic (exact) mass is 398 g/mol. The Morgan fingerprint density at radius 2 is 2.08 bits per heavy atom. The third-order valence-electron chi connectivity index (χ3n) is 2.90. The van der Waals surface area contributed by atoms with Crippen molar-refractivity contribution in [2.45, 2.75) is 6.61 Å². The Balaban J connectivity index is 1.90. The fourth-order valence-electron chi connectivity index (χ4n) is 1.81. The maximum absolute atomic E-state index is 13.4. The van der Waals surface area contributed by atoms with Crippen molar-refractivity contribution in [3.8, 4) is 5.75 Å². The van der Waals surface area contributed by atoms with Crippen molar-refractivity contribution in [2.24, 2.45) is 5.16 Å². The van der Waals surface area contributed by atoms with E-state index in [-0.39, 0.29) is 12.3 Å². The van der Waals surface area contributed by atoms with Crippen LogP contribution in [0.5, 0.6) is 5.75 Å². The van der Waals surface area contributed by atoms with Crippen LogP contribution in [0, 0.1) is 11.6 Å². The SMILES string of the molecule is COc1ccc(Br)cc1CO/N=C/C(=O)Nc1ccc(F)cc1F. The number of carbonyl (C=O) groups is 1. The van der Waals surface area contributed by atoms with Gasteiger partial charge in [0.2, 0.25) is 0 Å². The number of rotatable bonds is 6. The number of hydrogen-bond donors (Lipinski definition) is 1. The molecule has 1 amide bonds. The van der Waals surface area contributed by atoms with Crippen LogP contribution >= 0.6 is 15.9 Å². The summed E-state index contributed by atoms with van der Waals surface area (Å²) in [7, 11) is 1.53. The van der Waals surface area contributed by atoms with E-state index in [2.05, 4.69) is 26.4 Å². The number of hydrogen-bond acceptors (Lipinski definition) is 4. The maximum atomic E-state index is 13.4. The van der Waals surface area contributed by atoms with Crippen LogP contribution in [0.1, 0.15) is 5.56 Å². The molecule has 0 fully saturated rings. The number of benzene rings is 2. The van der Waals surface area contributed by atoms with Crippen molar-refractivity contribution < 1.29 is 23.1 Å². The third kappa shape index (κ3) is 5.02. The van der Waals surface area contributed by atoms with Gasteiger partial charge in [0.1, 0.15) is 30.2 Å². The summed E-state index contributed by atoms with van der Waals surface area (Å²) >= 11 is 3.33. The summed E-state index contributed by atoms with van der Waals surface area (Å²) in [4.78, 5) is 16.6. The average Bonchev–Trinajstić information content (AvgIpc) is 2.54. The quantitative estimate of drug-likeness (QED) is 0.593. The summed E-state index contributed by atoms with van der Waals surface area (Å²) in [6, 6.07) is 8.19. The fraction of sp³-hybridized carbons (Fsp3) is 0.125. The molecule has 2 rings (SSSR count). The van der Waals surface area contributed by atoms with E-state index in [9.17, 15) is 13.6 Å². The van der Waals surface area contributed by atoms with Gasteiger partial charge in [-0.15, -0.1) is 0 Å². The van der Waals surface area contributed by atoms with Gasteiger partial charge in [0.05, 0.1) is 12.8 Å². The van der Waals surface area contributed by atoms with Gasteiger partial charge in [-0.2, -0.15) is 0 Å². The molecule has 0 radical (unpaired) electrons. The van der Waals surface area contributed by atoms with Crippen LogP contribution in [-0.4, -0.2) is 19.2 Å². The van der Waals surface area contributed by atoms with Crippen LogP contribution < -0.4 is 10.1 Å². The van der Waals surface area contributed by atoms with Crippen molar-refractivity contribution in [3.05, 3.63) is 58.1 Å². The lowest BCUT2D eigenvalue weighted by Gasteiger charge is -2.07. The van der Waals surface area contributed by atoms with E-state index in [0.29, 0.717) is 11.8 Å². The molecule has 2 aromatic carbocycles. The molecule has 0 bridgehead atoms. The smallest absolute Gasteiger partial charge is 0.270 e. The molecule has 126 valence electrons. The number of methoxy groups -OCH3 is 1. The second kappa shape index (κ2) is 8.39. The zero-order chi connectivity index (χ0) is 17.5. The van der Waals surface area contributed by atoms with Gasteiger partial charge in [0, 0.05) is 16.1 Å². The molecule has 8 heteroatoms. The summed E-state index contributed by atoms with van der Waals surface area (Å²) in [6.45, 7) is 0.0807. The standard InChI is InChI=1S/C16H13BrF2N2O3/c1-23-15-5-2-11(17)6-10(15)9-24-20-8-16(22)21-14-4-3-12(18)7-13(14)19/h2-8H,9H2,1H3,(H,21,22)/b20-8+. The van der Waals surface area contributed by atoms with E-state index in [4.69, 9.17) is 9.57 Å². The molecule has 0 aliphatic carbocycles. The van der Waals surface area contributed by atoms with E-state index >= 15 is 0 Å². The predicted molar refractivity (Wildman–Crippen MR) is 89.0 cm³/mol. The Morgan fingerprint density at radius 3 is 2.79 bits per heavy atom. The zero-order valence-corrected chi connectivity index (χ0v) is 14.1. The average molecular weight is 399 g/mol. The van der Waals surface area contributed by atoms with Gasteiger partial charge >= 0.3 is 0 Å². The van der Waals surface area contributed by atoms with Gasteiger partial charge in [-0.1, -0.05) is 21.1 Å². The first-order valence-electron chi connectivity index (χ1n) is 6.73. The molecule has 0 saturated carbocycles. The zero-order valence-electron chi connectivity index (χ0n) is 12.6. The Labute approximate surface area is 145 Å². The highest BCUT2D eigenvalue weighted by atomic mass is 79.9. The number of anilines is 1. The third-order valence-corrected chi connectivity index (χ3v) is 3.39. The van der Waals surface area contributed by atoms with Crippen LogP contribution in [0.3, 0.4) is 0 Å². The minimum atomic E-state index is -0.878. The summed E-state index contributed by atoms with van der Waals surface area (Å²) in [5, 5.41) is 5.74. The number of nitrogens with zero attached hydrogens (tertiary/aromatic N) is 1. The normalized spacial score (nSPS) is 10.7. The molecule has 0 aliphatic rings. The molecule has 0 unspecified atom stereocenters. The Kier molecular flexibility index (Phi) is 6.25. The minimum Gasteiger partial charge on any atom is -0.496 e. The molecule has 1 N–H and O–H groups in total.